The monoisotopic (exact) mass is 372 g/mol. The number of rotatable bonds is 17. The molecular weight excluding hydrogens is 328 g/mol. The Morgan fingerprint density at radius 2 is 1.08 bits per heavy atom. The van der Waals surface area contributed by atoms with E-state index in [-0.39, 0.29) is 0 Å². The van der Waals surface area contributed by atoms with Gasteiger partial charge in [0.2, 0.25) is 5.85 Å². The highest BCUT2D eigenvalue weighted by Gasteiger charge is 2.44. The number of carboxylic acid groups (broad SMARTS) is 1. The Balaban J connectivity index is 5.86. The molecule has 26 heavy (non-hydrogen) atoms. The van der Waals surface area contributed by atoms with Crippen molar-refractivity contribution in [1.82, 2.24) is 9.80 Å². The van der Waals surface area contributed by atoms with Crippen LogP contribution in [0, 0.1) is 0 Å². The van der Waals surface area contributed by atoms with Gasteiger partial charge < -0.3 is 9.84 Å². The van der Waals surface area contributed by atoms with Gasteiger partial charge in [0.05, 0.1) is 0 Å². The number of unbranched alkanes of at least 4 members (excludes halogenated alkanes) is 4. The summed E-state index contributed by atoms with van der Waals surface area (Å²) >= 11 is 0. The summed E-state index contributed by atoms with van der Waals surface area (Å²) in [4.78, 5) is 16.4. The first kappa shape index (κ1) is 25.2. The van der Waals surface area contributed by atoms with Crippen LogP contribution in [-0.4, -0.2) is 53.1 Å². The van der Waals surface area contributed by atoms with E-state index >= 15 is 0 Å². The maximum atomic E-state index is 11.7. The van der Waals surface area contributed by atoms with Crippen LogP contribution < -0.4 is 0 Å². The highest BCUT2D eigenvalue weighted by Crippen LogP contribution is 2.30. The molecule has 0 atom stereocenters. The topological polar surface area (TPSA) is 53.0 Å². The zero-order valence-corrected chi connectivity index (χ0v) is 18.1. The number of ether oxygens (including phenoxy) is 1. The van der Waals surface area contributed by atoms with Gasteiger partial charge in [0.25, 0.3) is 0 Å². The van der Waals surface area contributed by atoms with Gasteiger partial charge in [-0.15, -0.1) is 0 Å². The van der Waals surface area contributed by atoms with Gasteiger partial charge >= 0.3 is 6.16 Å². The van der Waals surface area contributed by atoms with Crippen LogP contribution in [0.4, 0.5) is 4.79 Å². The molecule has 0 spiro atoms. The molecule has 0 amide bonds. The fraction of sp³-hybridized carbons (Fsp3) is 0.952. The smallest absolute Gasteiger partial charge is 0.450 e. The van der Waals surface area contributed by atoms with E-state index in [1.165, 1.54) is 0 Å². The average molecular weight is 373 g/mol. The minimum atomic E-state index is -1.16. The van der Waals surface area contributed by atoms with Crippen LogP contribution in [0.1, 0.15) is 98.8 Å². The van der Waals surface area contributed by atoms with Gasteiger partial charge in [0.15, 0.2) is 0 Å². The van der Waals surface area contributed by atoms with E-state index in [9.17, 15) is 9.90 Å². The van der Waals surface area contributed by atoms with E-state index in [4.69, 9.17) is 4.74 Å². The molecule has 0 aromatic carbocycles. The molecule has 0 aliphatic rings. The molecule has 0 aliphatic heterocycles. The highest BCUT2D eigenvalue weighted by atomic mass is 16.7. The Hall–Kier alpha value is -0.810. The Labute approximate surface area is 162 Å². The zero-order chi connectivity index (χ0) is 19.8. The molecule has 0 aliphatic carbocycles. The first-order chi connectivity index (χ1) is 12.5. The fourth-order valence-corrected chi connectivity index (χ4v) is 3.48. The second kappa shape index (κ2) is 15.3. The van der Waals surface area contributed by atoms with Crippen molar-refractivity contribution in [3.8, 4) is 0 Å². The SMILES string of the molecule is CCCCN(CCCC)C(CCC)(OC(=O)O)N(CCCC)CCCC. The normalized spacial score (nSPS) is 12.1. The number of hydrogen-bond acceptors (Lipinski definition) is 4. The molecule has 0 heterocycles. The van der Waals surface area contributed by atoms with Gasteiger partial charge in [0, 0.05) is 32.6 Å². The van der Waals surface area contributed by atoms with Crippen molar-refractivity contribution in [2.75, 3.05) is 26.2 Å². The molecule has 5 heteroatoms. The largest absolute Gasteiger partial charge is 0.508 e. The van der Waals surface area contributed by atoms with Crippen LogP contribution in [0.2, 0.25) is 0 Å². The van der Waals surface area contributed by atoms with Crippen molar-refractivity contribution in [3.05, 3.63) is 0 Å². The Morgan fingerprint density at radius 1 is 0.731 bits per heavy atom. The minimum absolute atomic E-state index is 0.722. The number of carbonyl (C=O) groups is 1. The van der Waals surface area contributed by atoms with Crippen LogP contribution in [-0.2, 0) is 4.74 Å². The first-order valence-electron chi connectivity index (χ1n) is 10.9. The lowest BCUT2D eigenvalue weighted by Gasteiger charge is -2.49. The molecule has 0 rings (SSSR count). The van der Waals surface area contributed by atoms with Crippen molar-refractivity contribution < 1.29 is 14.6 Å². The lowest BCUT2D eigenvalue weighted by Crippen LogP contribution is -2.64. The number of nitrogens with zero attached hydrogens (tertiary/aromatic N) is 2. The van der Waals surface area contributed by atoms with Gasteiger partial charge in [-0.25, -0.2) is 4.79 Å². The second-order valence-electron chi connectivity index (χ2n) is 7.25. The molecule has 5 nitrogen and oxygen atoms in total. The third kappa shape index (κ3) is 8.72. The van der Waals surface area contributed by atoms with Gasteiger partial charge in [-0.2, -0.15) is 0 Å². The zero-order valence-electron chi connectivity index (χ0n) is 18.1. The van der Waals surface area contributed by atoms with Gasteiger partial charge in [-0.1, -0.05) is 60.3 Å². The molecule has 0 saturated carbocycles. The fourth-order valence-electron chi connectivity index (χ4n) is 3.48. The standard InChI is InChI=1S/C21H44N2O3/c1-6-11-16-22(17-12-7-2)21(15-10-5,26-20(24)25)23(18-13-8-3)19-14-9-4/h6-19H2,1-5H3,(H,24,25). The molecule has 0 aromatic rings. The summed E-state index contributed by atoms with van der Waals surface area (Å²) in [5.74, 6) is -0.824. The van der Waals surface area contributed by atoms with Crippen LogP contribution in [0.5, 0.6) is 0 Å². The maximum absolute atomic E-state index is 11.7. The molecule has 0 fully saturated rings. The van der Waals surface area contributed by atoms with Crippen molar-refractivity contribution >= 4 is 6.16 Å². The Bertz CT molecular complexity index is 314. The van der Waals surface area contributed by atoms with Crippen LogP contribution in [0.15, 0.2) is 0 Å². The first-order valence-corrected chi connectivity index (χ1v) is 10.9. The van der Waals surface area contributed by atoms with Crippen molar-refractivity contribution in [2.45, 2.75) is 105 Å². The molecule has 156 valence electrons. The third-order valence-corrected chi connectivity index (χ3v) is 4.94. The lowest BCUT2D eigenvalue weighted by molar-refractivity contribution is -0.229. The predicted molar refractivity (Wildman–Crippen MR) is 110 cm³/mol. The summed E-state index contributed by atoms with van der Waals surface area (Å²) in [6.07, 6.45) is 9.11. The summed E-state index contributed by atoms with van der Waals surface area (Å²) in [6, 6.07) is 0. The number of hydrogen-bond donors (Lipinski definition) is 1. The van der Waals surface area contributed by atoms with Crippen LogP contribution >= 0.6 is 0 Å². The minimum Gasteiger partial charge on any atom is -0.450 e. The van der Waals surface area contributed by atoms with E-state index in [1.807, 2.05) is 0 Å². The molecule has 1 N–H and O–H groups in total. The molecule has 0 radical (unpaired) electrons. The third-order valence-electron chi connectivity index (χ3n) is 4.94. The van der Waals surface area contributed by atoms with Gasteiger partial charge in [-0.3, -0.25) is 9.80 Å². The quantitative estimate of drug-likeness (QED) is 0.253. The highest BCUT2D eigenvalue weighted by molar-refractivity contribution is 5.57. The van der Waals surface area contributed by atoms with Gasteiger partial charge in [0.1, 0.15) is 0 Å². The molecule has 0 aromatic heterocycles. The summed E-state index contributed by atoms with van der Waals surface area (Å²) in [5, 5.41) is 9.60. The van der Waals surface area contributed by atoms with Crippen molar-refractivity contribution in [2.24, 2.45) is 0 Å². The summed E-state index contributed by atoms with van der Waals surface area (Å²) < 4.78 is 5.76. The molecule has 0 bridgehead atoms. The van der Waals surface area contributed by atoms with E-state index < -0.39 is 12.0 Å². The van der Waals surface area contributed by atoms with E-state index in [1.54, 1.807) is 0 Å². The summed E-state index contributed by atoms with van der Waals surface area (Å²) in [7, 11) is 0. The average Bonchev–Trinajstić information content (AvgIpc) is 2.61. The second-order valence-corrected chi connectivity index (χ2v) is 7.25. The van der Waals surface area contributed by atoms with Crippen molar-refractivity contribution in [3.63, 3.8) is 0 Å². The Kier molecular flexibility index (Phi) is 14.8. The van der Waals surface area contributed by atoms with Crippen molar-refractivity contribution in [1.29, 1.82) is 0 Å². The van der Waals surface area contributed by atoms with E-state index in [2.05, 4.69) is 44.4 Å². The van der Waals surface area contributed by atoms with Crippen LogP contribution in [0.25, 0.3) is 0 Å². The maximum Gasteiger partial charge on any atom is 0.508 e. The van der Waals surface area contributed by atoms with Gasteiger partial charge in [-0.05, 0) is 32.1 Å². The van der Waals surface area contributed by atoms with Crippen LogP contribution in [0.3, 0.4) is 0 Å². The van der Waals surface area contributed by atoms with E-state index in [0.717, 1.165) is 90.4 Å². The summed E-state index contributed by atoms with van der Waals surface area (Å²) in [5.41, 5.74) is 0. The molecule has 0 unspecified atom stereocenters. The molecule has 0 saturated heterocycles. The Morgan fingerprint density at radius 3 is 1.31 bits per heavy atom. The molecular formula is C21H44N2O3. The lowest BCUT2D eigenvalue weighted by atomic mass is 10.1. The summed E-state index contributed by atoms with van der Waals surface area (Å²) in [6.45, 7) is 14.4. The predicted octanol–water partition coefficient (Wildman–Crippen LogP) is 5.94. The van der Waals surface area contributed by atoms with E-state index in [0.29, 0.717) is 0 Å².